The van der Waals surface area contributed by atoms with Crippen LogP contribution in [0, 0.1) is 0 Å². The summed E-state index contributed by atoms with van der Waals surface area (Å²) in [7, 11) is 3.02. The summed E-state index contributed by atoms with van der Waals surface area (Å²) < 4.78 is 5.65. The van der Waals surface area contributed by atoms with E-state index in [2.05, 4.69) is 0 Å². The van der Waals surface area contributed by atoms with Crippen LogP contribution in [-0.2, 0) is 11.4 Å². The summed E-state index contributed by atoms with van der Waals surface area (Å²) in [4.78, 5) is 17.9. The number of hydroxylamine groups is 2. The molecule has 100 valence electrons. The van der Waals surface area contributed by atoms with Crippen molar-refractivity contribution in [1.82, 2.24) is 5.06 Å². The normalized spacial score (nSPS) is 10.2. The Balaban J connectivity index is 2.04. The smallest absolute Gasteiger partial charge is 0.277 e. The molecule has 0 aliphatic heterocycles. The van der Waals surface area contributed by atoms with E-state index in [9.17, 15) is 4.79 Å². The average molecular weight is 277 g/mol. The van der Waals surface area contributed by atoms with E-state index >= 15 is 0 Å². The minimum atomic E-state index is -0.205. The van der Waals surface area contributed by atoms with Crippen LogP contribution in [0.15, 0.2) is 41.8 Å². The Labute approximate surface area is 116 Å². The molecule has 5 heteroatoms. The van der Waals surface area contributed by atoms with Crippen LogP contribution >= 0.6 is 11.3 Å². The summed E-state index contributed by atoms with van der Waals surface area (Å²) in [6.45, 7) is 0.509. The largest absolute Gasteiger partial charge is 0.488 e. The lowest BCUT2D eigenvalue weighted by atomic mass is 10.2. The van der Waals surface area contributed by atoms with Gasteiger partial charge < -0.3 is 4.74 Å². The Bertz CT molecular complexity index is 539. The molecule has 1 aromatic heterocycles. The molecular weight excluding hydrogens is 262 g/mol. The Kier molecular flexibility index (Phi) is 4.54. The maximum Gasteiger partial charge on any atom is 0.277 e. The molecule has 1 amide bonds. The van der Waals surface area contributed by atoms with Gasteiger partial charge in [-0.3, -0.25) is 9.63 Å². The van der Waals surface area contributed by atoms with Gasteiger partial charge in [0.05, 0.1) is 7.11 Å². The van der Waals surface area contributed by atoms with Gasteiger partial charge in [-0.25, -0.2) is 5.06 Å². The van der Waals surface area contributed by atoms with Crippen molar-refractivity contribution in [2.75, 3.05) is 14.2 Å². The van der Waals surface area contributed by atoms with Crippen LogP contribution in [0.4, 0.5) is 0 Å². The lowest BCUT2D eigenvalue weighted by Crippen LogP contribution is -2.25. The summed E-state index contributed by atoms with van der Waals surface area (Å²) in [5.74, 6) is 0.466. The van der Waals surface area contributed by atoms with Gasteiger partial charge in [-0.1, -0.05) is 12.1 Å². The summed E-state index contributed by atoms with van der Waals surface area (Å²) in [6, 6.07) is 11.1. The quantitative estimate of drug-likeness (QED) is 0.789. The average Bonchev–Trinajstić information content (AvgIpc) is 2.97. The molecule has 0 bridgehead atoms. The Morgan fingerprint density at radius 2 is 2.16 bits per heavy atom. The lowest BCUT2D eigenvalue weighted by molar-refractivity contribution is -0.0757. The summed E-state index contributed by atoms with van der Waals surface area (Å²) >= 11 is 1.64. The lowest BCUT2D eigenvalue weighted by Gasteiger charge is -2.14. The molecule has 0 fully saturated rings. The fourth-order valence-electron chi connectivity index (χ4n) is 1.53. The Morgan fingerprint density at radius 3 is 2.84 bits per heavy atom. The van der Waals surface area contributed by atoms with Gasteiger partial charge in [-0.2, -0.15) is 0 Å². The van der Waals surface area contributed by atoms with Crippen molar-refractivity contribution in [1.29, 1.82) is 0 Å². The van der Waals surface area contributed by atoms with Crippen LogP contribution in [-0.4, -0.2) is 25.1 Å². The van der Waals surface area contributed by atoms with Crippen LogP contribution < -0.4 is 4.74 Å². The molecule has 4 nitrogen and oxygen atoms in total. The molecule has 1 heterocycles. The molecule has 0 atom stereocenters. The third kappa shape index (κ3) is 3.56. The predicted molar refractivity (Wildman–Crippen MR) is 74.2 cm³/mol. The second-order valence-corrected chi connectivity index (χ2v) is 4.91. The van der Waals surface area contributed by atoms with Gasteiger partial charge in [0.25, 0.3) is 5.91 Å². The zero-order chi connectivity index (χ0) is 13.7. The van der Waals surface area contributed by atoms with Crippen molar-refractivity contribution in [3.8, 4) is 5.75 Å². The Morgan fingerprint density at radius 1 is 1.32 bits per heavy atom. The van der Waals surface area contributed by atoms with E-state index in [1.54, 1.807) is 36.6 Å². The number of hydrogen-bond acceptors (Lipinski definition) is 4. The number of thiophene rings is 1. The molecule has 0 aliphatic carbocycles. The minimum absolute atomic E-state index is 0.205. The molecule has 0 saturated carbocycles. The number of carbonyl (C=O) groups is 1. The molecule has 2 aromatic rings. The standard InChI is InChI=1S/C14H15NO3S/c1-15(17-2)14(16)11-5-3-6-12(9-11)18-10-13-7-4-8-19-13/h3-9H,10H2,1-2H3. The van der Waals surface area contributed by atoms with Crippen LogP contribution in [0.2, 0.25) is 0 Å². The first-order valence-electron chi connectivity index (χ1n) is 5.78. The minimum Gasteiger partial charge on any atom is -0.488 e. The summed E-state index contributed by atoms with van der Waals surface area (Å²) in [6.07, 6.45) is 0. The summed E-state index contributed by atoms with van der Waals surface area (Å²) in [5, 5.41) is 3.19. The van der Waals surface area contributed by atoms with Gasteiger partial charge in [0.1, 0.15) is 12.4 Å². The van der Waals surface area contributed by atoms with E-state index in [4.69, 9.17) is 9.57 Å². The fourth-order valence-corrected chi connectivity index (χ4v) is 2.15. The molecule has 0 spiro atoms. The number of hydrogen-bond donors (Lipinski definition) is 0. The number of carbonyl (C=O) groups excluding carboxylic acids is 1. The molecular formula is C14H15NO3S. The molecule has 2 rings (SSSR count). The topological polar surface area (TPSA) is 38.8 Å². The van der Waals surface area contributed by atoms with Gasteiger partial charge in [0, 0.05) is 17.5 Å². The van der Waals surface area contributed by atoms with Crippen LogP contribution in [0.3, 0.4) is 0 Å². The predicted octanol–water partition coefficient (Wildman–Crippen LogP) is 2.96. The van der Waals surface area contributed by atoms with Crippen molar-refractivity contribution in [2.24, 2.45) is 0 Å². The van der Waals surface area contributed by atoms with Crippen molar-refractivity contribution < 1.29 is 14.4 Å². The summed E-state index contributed by atoms with van der Waals surface area (Å²) in [5.41, 5.74) is 0.535. The van der Waals surface area contributed by atoms with Gasteiger partial charge in [0.15, 0.2) is 0 Å². The van der Waals surface area contributed by atoms with E-state index in [0.29, 0.717) is 17.9 Å². The third-order valence-corrected chi connectivity index (χ3v) is 3.45. The zero-order valence-corrected chi connectivity index (χ0v) is 11.6. The number of amides is 1. The Hall–Kier alpha value is -1.85. The van der Waals surface area contributed by atoms with Gasteiger partial charge in [-0.15, -0.1) is 11.3 Å². The number of benzene rings is 1. The molecule has 0 saturated heterocycles. The van der Waals surface area contributed by atoms with Crippen molar-refractivity contribution >= 4 is 17.2 Å². The van der Waals surface area contributed by atoms with Crippen LogP contribution in [0.1, 0.15) is 15.2 Å². The molecule has 1 aromatic carbocycles. The highest BCUT2D eigenvalue weighted by atomic mass is 32.1. The maximum atomic E-state index is 11.9. The van der Waals surface area contributed by atoms with E-state index in [1.807, 2.05) is 23.6 Å². The highest BCUT2D eigenvalue weighted by Gasteiger charge is 2.11. The molecule has 0 aliphatic rings. The van der Waals surface area contributed by atoms with Crippen molar-refractivity contribution in [3.05, 3.63) is 52.2 Å². The first-order valence-corrected chi connectivity index (χ1v) is 6.66. The van der Waals surface area contributed by atoms with Crippen LogP contribution in [0.25, 0.3) is 0 Å². The second-order valence-electron chi connectivity index (χ2n) is 3.88. The van der Waals surface area contributed by atoms with Crippen LogP contribution in [0.5, 0.6) is 5.75 Å². The maximum absolute atomic E-state index is 11.9. The third-order valence-electron chi connectivity index (χ3n) is 2.60. The van der Waals surface area contributed by atoms with Crippen molar-refractivity contribution in [3.63, 3.8) is 0 Å². The number of rotatable bonds is 5. The van der Waals surface area contributed by atoms with Gasteiger partial charge >= 0.3 is 0 Å². The SMILES string of the molecule is CON(C)C(=O)c1cccc(OCc2cccs2)c1. The fraction of sp³-hybridized carbons (Fsp3) is 0.214. The van der Waals surface area contributed by atoms with E-state index < -0.39 is 0 Å². The van der Waals surface area contributed by atoms with Gasteiger partial charge in [0.2, 0.25) is 0 Å². The second kappa shape index (κ2) is 6.36. The number of ether oxygens (including phenoxy) is 1. The number of nitrogens with zero attached hydrogens (tertiary/aromatic N) is 1. The highest BCUT2D eigenvalue weighted by Crippen LogP contribution is 2.18. The van der Waals surface area contributed by atoms with E-state index in [0.717, 1.165) is 4.88 Å². The molecule has 0 unspecified atom stereocenters. The molecule has 0 radical (unpaired) electrons. The zero-order valence-electron chi connectivity index (χ0n) is 10.8. The first kappa shape index (κ1) is 13.6. The van der Waals surface area contributed by atoms with Gasteiger partial charge in [-0.05, 0) is 29.6 Å². The first-order chi connectivity index (χ1) is 9.20. The van der Waals surface area contributed by atoms with Crippen molar-refractivity contribution in [2.45, 2.75) is 6.61 Å². The molecule has 19 heavy (non-hydrogen) atoms. The van der Waals surface area contributed by atoms with E-state index in [1.165, 1.54) is 12.2 Å². The van der Waals surface area contributed by atoms with E-state index in [-0.39, 0.29) is 5.91 Å². The monoisotopic (exact) mass is 277 g/mol. The highest BCUT2D eigenvalue weighted by molar-refractivity contribution is 7.09. The molecule has 0 N–H and O–H groups in total.